The van der Waals surface area contributed by atoms with Crippen LogP contribution < -0.4 is 9.47 Å². The van der Waals surface area contributed by atoms with Crippen LogP contribution in [0.1, 0.15) is 31.0 Å². The maximum atomic E-state index is 12.8. The number of Topliss-reactive ketones (excluding diaryl/α,β-unsaturated/α-hetero) is 1. The van der Waals surface area contributed by atoms with Gasteiger partial charge in [-0.05, 0) is 55.8 Å². The highest BCUT2D eigenvalue weighted by Crippen LogP contribution is 2.39. The third-order valence-electron chi connectivity index (χ3n) is 4.81. The van der Waals surface area contributed by atoms with Gasteiger partial charge in [-0.15, -0.1) is 6.58 Å². The van der Waals surface area contributed by atoms with Crippen molar-refractivity contribution in [2.45, 2.75) is 19.9 Å². The number of likely N-dealkylation sites (tertiary alicyclic amines) is 1. The lowest BCUT2D eigenvalue weighted by atomic mass is 9.95. The molecule has 0 saturated carbocycles. The summed E-state index contributed by atoms with van der Waals surface area (Å²) in [5.41, 5.74) is 1.19. The molecule has 1 amide bonds. The van der Waals surface area contributed by atoms with Gasteiger partial charge in [-0.1, -0.05) is 18.2 Å². The van der Waals surface area contributed by atoms with E-state index < -0.39 is 17.7 Å². The lowest BCUT2D eigenvalue weighted by molar-refractivity contribution is -0.139. The van der Waals surface area contributed by atoms with Crippen molar-refractivity contribution in [2.24, 2.45) is 0 Å². The molecule has 0 radical (unpaired) electrons. The molecule has 6 heteroatoms. The van der Waals surface area contributed by atoms with Crippen molar-refractivity contribution in [2.75, 3.05) is 19.8 Å². The van der Waals surface area contributed by atoms with Gasteiger partial charge in [0.05, 0.1) is 24.8 Å². The molecule has 1 heterocycles. The molecule has 0 aromatic heterocycles. The first-order valence-electron chi connectivity index (χ1n) is 9.87. The maximum absolute atomic E-state index is 12.8. The van der Waals surface area contributed by atoms with Crippen molar-refractivity contribution < 1.29 is 24.2 Å². The number of carbonyl (C=O) groups excluding carboxylic acids is 2. The molecule has 1 aliphatic rings. The summed E-state index contributed by atoms with van der Waals surface area (Å²) in [4.78, 5) is 26.9. The summed E-state index contributed by atoms with van der Waals surface area (Å²) in [5.74, 6) is -0.261. The van der Waals surface area contributed by atoms with E-state index in [1.807, 2.05) is 13.8 Å². The second-order valence-corrected chi connectivity index (χ2v) is 6.70. The third kappa shape index (κ3) is 4.08. The molecule has 3 rings (SSSR count). The topological polar surface area (TPSA) is 76.1 Å². The normalized spacial score (nSPS) is 17.8. The van der Waals surface area contributed by atoms with Gasteiger partial charge in [0.2, 0.25) is 0 Å². The minimum atomic E-state index is -0.720. The van der Waals surface area contributed by atoms with E-state index in [1.54, 1.807) is 54.6 Å². The number of benzene rings is 2. The van der Waals surface area contributed by atoms with E-state index in [0.717, 1.165) is 0 Å². The Balaban J connectivity index is 2.08. The molecule has 0 bridgehead atoms. The van der Waals surface area contributed by atoms with Crippen LogP contribution in [-0.4, -0.2) is 41.5 Å². The summed E-state index contributed by atoms with van der Waals surface area (Å²) in [5, 5.41) is 11.0. The number of hydrogen-bond donors (Lipinski definition) is 1. The van der Waals surface area contributed by atoms with Gasteiger partial charge < -0.3 is 19.5 Å². The molecule has 1 N–H and O–H groups in total. The van der Waals surface area contributed by atoms with E-state index in [4.69, 9.17) is 9.47 Å². The predicted molar refractivity (Wildman–Crippen MR) is 114 cm³/mol. The Kier molecular flexibility index (Phi) is 6.57. The smallest absolute Gasteiger partial charge is 0.295 e. The first-order valence-corrected chi connectivity index (χ1v) is 9.87. The molecule has 0 aliphatic carbocycles. The van der Waals surface area contributed by atoms with Gasteiger partial charge in [0.1, 0.15) is 17.3 Å². The fourth-order valence-electron chi connectivity index (χ4n) is 3.50. The predicted octanol–water partition coefficient (Wildman–Crippen LogP) is 4.09. The minimum Gasteiger partial charge on any atom is -0.507 e. The molecule has 1 fully saturated rings. The minimum absolute atomic E-state index is 0.0511. The van der Waals surface area contributed by atoms with Crippen LogP contribution in [0.25, 0.3) is 5.76 Å². The molecule has 6 nitrogen and oxygen atoms in total. The Hall–Kier alpha value is -3.54. The van der Waals surface area contributed by atoms with E-state index in [9.17, 15) is 14.7 Å². The van der Waals surface area contributed by atoms with Gasteiger partial charge in [-0.3, -0.25) is 9.59 Å². The Bertz CT molecular complexity index is 960. The zero-order valence-corrected chi connectivity index (χ0v) is 17.1. The zero-order valence-electron chi connectivity index (χ0n) is 17.1. The van der Waals surface area contributed by atoms with Crippen molar-refractivity contribution in [1.29, 1.82) is 0 Å². The lowest BCUT2D eigenvalue weighted by Gasteiger charge is -2.24. The lowest BCUT2D eigenvalue weighted by Crippen LogP contribution is -2.29. The summed E-state index contributed by atoms with van der Waals surface area (Å²) < 4.78 is 10.9. The maximum Gasteiger partial charge on any atom is 0.295 e. The SMILES string of the molecule is C=CCN1C(=O)C(=O)/C(=C(/O)c2ccc(OCC)cc2)C1c1ccc(OCC)cc1. The zero-order chi connectivity index (χ0) is 21.7. The number of nitrogens with zero attached hydrogens (tertiary/aromatic N) is 1. The number of ether oxygens (including phenoxy) is 2. The van der Waals surface area contributed by atoms with E-state index in [0.29, 0.717) is 35.8 Å². The summed E-state index contributed by atoms with van der Waals surface area (Å²) in [6, 6.07) is 13.2. The van der Waals surface area contributed by atoms with Gasteiger partial charge in [-0.2, -0.15) is 0 Å². The molecular formula is C24H25NO5. The largest absolute Gasteiger partial charge is 0.507 e. The van der Waals surface area contributed by atoms with Crippen LogP contribution in [0.3, 0.4) is 0 Å². The number of rotatable bonds is 8. The standard InChI is InChI=1S/C24H25NO5/c1-4-15-25-21(16-7-11-18(12-8-16)29-5-2)20(23(27)24(25)28)22(26)17-9-13-19(14-10-17)30-6-3/h4,7-14,21,26H,1,5-6,15H2,2-3H3/b22-20+. The Labute approximate surface area is 176 Å². The van der Waals surface area contributed by atoms with Crippen LogP contribution in [0.4, 0.5) is 0 Å². The molecule has 30 heavy (non-hydrogen) atoms. The Morgan fingerprint density at radius 3 is 2.03 bits per heavy atom. The van der Waals surface area contributed by atoms with Crippen LogP contribution in [0, 0.1) is 0 Å². The highest BCUT2D eigenvalue weighted by Gasteiger charge is 2.45. The number of aliphatic hydroxyl groups excluding tert-OH is 1. The van der Waals surface area contributed by atoms with Crippen LogP contribution >= 0.6 is 0 Å². The van der Waals surface area contributed by atoms with Crippen molar-refractivity contribution >= 4 is 17.4 Å². The number of aliphatic hydroxyl groups is 1. The van der Waals surface area contributed by atoms with Gasteiger partial charge >= 0.3 is 0 Å². The molecular weight excluding hydrogens is 382 g/mol. The molecule has 1 saturated heterocycles. The van der Waals surface area contributed by atoms with Crippen LogP contribution in [0.2, 0.25) is 0 Å². The fourth-order valence-corrected chi connectivity index (χ4v) is 3.50. The summed E-state index contributed by atoms with van der Waals surface area (Å²) in [6.45, 7) is 8.70. The van der Waals surface area contributed by atoms with Gasteiger partial charge in [0, 0.05) is 12.1 Å². The average Bonchev–Trinajstić information content (AvgIpc) is 3.00. The fraction of sp³-hybridized carbons (Fsp3) is 0.250. The van der Waals surface area contributed by atoms with E-state index in [2.05, 4.69) is 6.58 Å². The molecule has 0 spiro atoms. The van der Waals surface area contributed by atoms with E-state index in [-0.39, 0.29) is 17.9 Å². The summed E-state index contributed by atoms with van der Waals surface area (Å²) in [7, 11) is 0. The molecule has 156 valence electrons. The summed E-state index contributed by atoms with van der Waals surface area (Å²) >= 11 is 0. The van der Waals surface area contributed by atoms with Crippen LogP contribution in [0.5, 0.6) is 11.5 Å². The molecule has 2 aromatic carbocycles. The number of ketones is 1. The second kappa shape index (κ2) is 9.31. The molecule has 2 aromatic rings. The van der Waals surface area contributed by atoms with Gasteiger partial charge in [-0.25, -0.2) is 0 Å². The number of amides is 1. The van der Waals surface area contributed by atoms with Crippen LogP contribution in [0.15, 0.2) is 66.8 Å². The van der Waals surface area contributed by atoms with Gasteiger partial charge in [0.25, 0.3) is 11.7 Å². The average molecular weight is 407 g/mol. The second-order valence-electron chi connectivity index (χ2n) is 6.70. The molecule has 1 unspecified atom stereocenters. The van der Waals surface area contributed by atoms with Gasteiger partial charge in [0.15, 0.2) is 0 Å². The third-order valence-corrected chi connectivity index (χ3v) is 4.81. The van der Waals surface area contributed by atoms with Crippen molar-refractivity contribution in [3.05, 3.63) is 77.9 Å². The highest BCUT2D eigenvalue weighted by atomic mass is 16.5. The van der Waals surface area contributed by atoms with Crippen molar-refractivity contribution in [3.63, 3.8) is 0 Å². The van der Waals surface area contributed by atoms with E-state index in [1.165, 1.54) is 4.90 Å². The Morgan fingerprint density at radius 1 is 1.00 bits per heavy atom. The molecule has 1 atom stereocenters. The number of carbonyl (C=O) groups is 2. The van der Waals surface area contributed by atoms with E-state index >= 15 is 0 Å². The highest BCUT2D eigenvalue weighted by molar-refractivity contribution is 6.46. The van der Waals surface area contributed by atoms with Crippen molar-refractivity contribution in [1.82, 2.24) is 4.90 Å². The van der Waals surface area contributed by atoms with Crippen LogP contribution in [-0.2, 0) is 9.59 Å². The quantitative estimate of drug-likeness (QED) is 0.309. The Morgan fingerprint density at radius 2 is 1.53 bits per heavy atom. The number of hydrogen-bond acceptors (Lipinski definition) is 5. The van der Waals surface area contributed by atoms with Crippen molar-refractivity contribution in [3.8, 4) is 11.5 Å². The first kappa shape index (κ1) is 21.2. The summed E-state index contributed by atoms with van der Waals surface area (Å²) in [6.07, 6.45) is 1.56. The monoisotopic (exact) mass is 407 g/mol. The molecule has 1 aliphatic heterocycles. The first-order chi connectivity index (χ1) is 14.5.